The maximum absolute atomic E-state index is 11.9. The van der Waals surface area contributed by atoms with Gasteiger partial charge in [0.25, 0.3) is 0 Å². The average Bonchev–Trinajstić information content (AvgIpc) is 2.51. The number of hydrogen-bond donors (Lipinski definition) is 0. The van der Waals surface area contributed by atoms with E-state index in [0.29, 0.717) is 0 Å². The topological polar surface area (TPSA) is 23.6 Å². The molecule has 1 rings (SSSR count). The number of rotatable bonds is 1. The van der Waals surface area contributed by atoms with Gasteiger partial charge in [0, 0.05) is 20.1 Å². The molecule has 1 saturated heterocycles. The van der Waals surface area contributed by atoms with Gasteiger partial charge in [-0.15, -0.1) is 0 Å². The Kier molecular flexibility index (Phi) is 3.00. The Morgan fingerprint density at radius 3 is 2.08 bits per heavy atom. The lowest BCUT2D eigenvalue weighted by molar-refractivity contribution is 0.192. The van der Waals surface area contributed by atoms with Crippen molar-refractivity contribution in [2.45, 2.75) is 32.5 Å². The number of likely N-dealkylation sites (tertiary alicyclic amines) is 1. The smallest absolute Gasteiger partial charge is 0.311 e. The van der Waals surface area contributed by atoms with E-state index in [1.165, 1.54) is 12.8 Å². The van der Waals surface area contributed by atoms with Crippen molar-refractivity contribution in [3.63, 3.8) is 0 Å². The fraction of sp³-hybridized carbons (Fsp3) is 0.889. The van der Waals surface area contributed by atoms with E-state index in [1.807, 2.05) is 16.5 Å². The molecule has 0 saturated carbocycles. The van der Waals surface area contributed by atoms with Gasteiger partial charge < -0.3 is 9.47 Å². The Balaban J connectivity index is 2.56. The monoisotopic (exact) mass is 200 g/mol. The zero-order valence-electron chi connectivity index (χ0n) is 9.13. The summed E-state index contributed by atoms with van der Waals surface area (Å²) in [4.78, 5) is 13.8. The molecule has 2 amide bonds. The summed E-state index contributed by atoms with van der Waals surface area (Å²) in [5.41, 5.74) is 0. The number of nitrogens with zero attached hydrogens (tertiary/aromatic N) is 2. The minimum absolute atomic E-state index is 0.233. The molecule has 1 aliphatic rings. The molecule has 3 nitrogen and oxygen atoms in total. The molecule has 0 atom stereocenters. The fourth-order valence-electron chi connectivity index (χ4n) is 1.41. The molecule has 76 valence electrons. The molecule has 0 aromatic carbocycles. The first-order valence-electron chi connectivity index (χ1n) is 4.95. The number of hydrogen-bond acceptors (Lipinski definition) is 1. The van der Waals surface area contributed by atoms with E-state index in [2.05, 4.69) is 19.6 Å². The van der Waals surface area contributed by atoms with E-state index in [4.69, 9.17) is 0 Å². The van der Waals surface area contributed by atoms with Crippen molar-refractivity contribution in [2.75, 3.05) is 20.1 Å². The summed E-state index contributed by atoms with van der Waals surface area (Å²) < 4.78 is 1.96. The van der Waals surface area contributed by atoms with Crippen molar-refractivity contribution in [1.82, 2.24) is 9.47 Å². The molecule has 0 bridgehead atoms. The third-order valence-corrected chi connectivity index (χ3v) is 4.87. The molecule has 0 radical (unpaired) electrons. The summed E-state index contributed by atoms with van der Waals surface area (Å²) in [6.07, 6.45) is 2.34. The van der Waals surface area contributed by atoms with E-state index in [9.17, 15) is 4.79 Å². The summed E-state index contributed by atoms with van der Waals surface area (Å²) in [5, 5.41) is 0. The highest BCUT2D eigenvalue weighted by molar-refractivity contribution is 6.75. The van der Waals surface area contributed by atoms with Crippen molar-refractivity contribution >= 4 is 14.3 Å². The molecule has 4 heteroatoms. The Hall–Kier alpha value is -0.513. The zero-order valence-corrected chi connectivity index (χ0v) is 10.1. The maximum atomic E-state index is 11.9. The third kappa shape index (κ3) is 2.46. The molecule has 0 unspecified atom stereocenters. The second-order valence-corrected chi connectivity index (χ2v) is 9.72. The number of carbonyl (C=O) groups excluding carboxylic acids is 1. The van der Waals surface area contributed by atoms with Gasteiger partial charge in [0.2, 0.25) is 0 Å². The van der Waals surface area contributed by atoms with Crippen LogP contribution < -0.4 is 0 Å². The van der Waals surface area contributed by atoms with Crippen molar-refractivity contribution in [1.29, 1.82) is 0 Å². The summed E-state index contributed by atoms with van der Waals surface area (Å²) in [6, 6.07) is 0.233. The van der Waals surface area contributed by atoms with Crippen molar-refractivity contribution < 1.29 is 4.79 Å². The summed E-state index contributed by atoms with van der Waals surface area (Å²) in [5.74, 6) is 0. The predicted octanol–water partition coefficient (Wildman–Crippen LogP) is 1.97. The molecule has 0 aromatic rings. The van der Waals surface area contributed by atoms with Gasteiger partial charge in [-0.05, 0) is 12.8 Å². The van der Waals surface area contributed by atoms with E-state index >= 15 is 0 Å². The van der Waals surface area contributed by atoms with Gasteiger partial charge in [-0.1, -0.05) is 19.6 Å². The van der Waals surface area contributed by atoms with Crippen LogP contribution in [0.5, 0.6) is 0 Å². The largest absolute Gasteiger partial charge is 0.355 e. The summed E-state index contributed by atoms with van der Waals surface area (Å²) in [6.45, 7) is 8.49. The van der Waals surface area contributed by atoms with Gasteiger partial charge in [0.1, 0.15) is 0 Å². The van der Waals surface area contributed by atoms with Crippen LogP contribution in [0.3, 0.4) is 0 Å². The van der Waals surface area contributed by atoms with Crippen LogP contribution in [-0.4, -0.2) is 43.9 Å². The second-order valence-electron chi connectivity index (χ2n) is 4.71. The van der Waals surface area contributed by atoms with Crippen LogP contribution in [0.15, 0.2) is 0 Å². The molecular weight excluding hydrogens is 180 g/mol. The molecule has 1 aliphatic heterocycles. The van der Waals surface area contributed by atoms with Crippen molar-refractivity contribution in [3.8, 4) is 0 Å². The molecule has 13 heavy (non-hydrogen) atoms. The lowest BCUT2D eigenvalue weighted by Gasteiger charge is -2.33. The molecular formula is C9H20N2OSi. The minimum Gasteiger partial charge on any atom is -0.355 e. The van der Waals surface area contributed by atoms with Crippen molar-refractivity contribution in [2.24, 2.45) is 0 Å². The summed E-state index contributed by atoms with van der Waals surface area (Å²) >= 11 is 0. The highest BCUT2D eigenvalue weighted by Gasteiger charge is 2.29. The Bertz CT molecular complexity index is 194. The predicted molar refractivity (Wildman–Crippen MR) is 57.3 cm³/mol. The first-order chi connectivity index (χ1) is 5.93. The molecule has 1 heterocycles. The van der Waals surface area contributed by atoms with Crippen LogP contribution >= 0.6 is 0 Å². The third-order valence-electron chi connectivity index (χ3n) is 2.67. The van der Waals surface area contributed by atoms with Crippen LogP contribution in [0.4, 0.5) is 4.79 Å². The first-order valence-corrected chi connectivity index (χ1v) is 8.40. The van der Waals surface area contributed by atoms with E-state index in [-0.39, 0.29) is 6.03 Å². The average molecular weight is 200 g/mol. The zero-order chi connectivity index (χ0) is 10.1. The molecule has 0 aliphatic carbocycles. The lowest BCUT2D eigenvalue weighted by Crippen LogP contribution is -2.51. The van der Waals surface area contributed by atoms with Gasteiger partial charge >= 0.3 is 6.03 Å². The van der Waals surface area contributed by atoms with E-state index < -0.39 is 8.24 Å². The second kappa shape index (κ2) is 3.70. The Morgan fingerprint density at radius 2 is 1.69 bits per heavy atom. The molecule has 1 fully saturated rings. The van der Waals surface area contributed by atoms with Crippen LogP contribution in [0.1, 0.15) is 12.8 Å². The lowest BCUT2D eigenvalue weighted by atomic mass is 10.4. The van der Waals surface area contributed by atoms with Crippen LogP contribution in [0.25, 0.3) is 0 Å². The normalized spacial score (nSPS) is 17.7. The van der Waals surface area contributed by atoms with Crippen LogP contribution in [0, 0.1) is 0 Å². The van der Waals surface area contributed by atoms with Crippen LogP contribution in [0.2, 0.25) is 19.6 Å². The highest BCUT2D eigenvalue weighted by atomic mass is 28.3. The van der Waals surface area contributed by atoms with Crippen LogP contribution in [-0.2, 0) is 0 Å². The minimum atomic E-state index is -1.45. The molecule has 0 spiro atoms. The fourth-order valence-corrected chi connectivity index (χ4v) is 2.12. The molecule has 0 N–H and O–H groups in total. The molecule has 0 aromatic heterocycles. The Morgan fingerprint density at radius 1 is 1.23 bits per heavy atom. The highest BCUT2D eigenvalue weighted by Crippen LogP contribution is 2.14. The van der Waals surface area contributed by atoms with Crippen molar-refractivity contribution in [3.05, 3.63) is 0 Å². The van der Waals surface area contributed by atoms with Gasteiger partial charge in [-0.3, -0.25) is 0 Å². The van der Waals surface area contributed by atoms with Gasteiger partial charge in [0.15, 0.2) is 8.24 Å². The first kappa shape index (κ1) is 10.6. The van der Waals surface area contributed by atoms with Gasteiger partial charge in [0.05, 0.1) is 0 Å². The van der Waals surface area contributed by atoms with Gasteiger partial charge in [-0.2, -0.15) is 0 Å². The summed E-state index contributed by atoms with van der Waals surface area (Å²) in [7, 11) is 0.488. The number of carbonyl (C=O) groups is 1. The quantitative estimate of drug-likeness (QED) is 0.594. The van der Waals surface area contributed by atoms with E-state index in [1.54, 1.807) is 0 Å². The SMILES string of the molecule is CN(C(=O)N1CCCC1)[Si](C)(C)C. The Labute approximate surface area is 81.8 Å². The number of urea groups is 1. The van der Waals surface area contributed by atoms with E-state index in [0.717, 1.165) is 13.1 Å². The van der Waals surface area contributed by atoms with Gasteiger partial charge in [-0.25, -0.2) is 4.79 Å². The maximum Gasteiger partial charge on any atom is 0.311 e. The standard InChI is InChI=1S/C9H20N2OSi/c1-10(13(2,3)4)9(12)11-7-5-6-8-11/h5-8H2,1-4H3. The number of amides is 2.